The zero-order chi connectivity index (χ0) is 9.26. The molecule has 1 aliphatic heterocycles. The SMILES string of the molecule is Fc1ccccc1[C@@H]1CCCN1Cl. The Kier molecular flexibility index (Phi) is 2.51. The normalized spacial score (nSPS) is 23.7. The molecule has 0 saturated carbocycles. The molecule has 1 fully saturated rings. The second-order valence-corrected chi connectivity index (χ2v) is 3.74. The quantitative estimate of drug-likeness (QED) is 0.629. The Balaban J connectivity index is 2.29. The van der Waals surface area contributed by atoms with Crippen LogP contribution in [-0.2, 0) is 0 Å². The fourth-order valence-electron chi connectivity index (χ4n) is 1.78. The topological polar surface area (TPSA) is 3.24 Å². The Hall–Kier alpha value is -0.600. The fraction of sp³-hybridized carbons (Fsp3) is 0.400. The van der Waals surface area contributed by atoms with Crippen LogP contribution in [0.3, 0.4) is 0 Å². The van der Waals surface area contributed by atoms with Crippen LogP contribution in [0.5, 0.6) is 0 Å². The fourth-order valence-corrected chi connectivity index (χ4v) is 2.11. The third-order valence-electron chi connectivity index (χ3n) is 2.45. The van der Waals surface area contributed by atoms with E-state index < -0.39 is 0 Å². The van der Waals surface area contributed by atoms with E-state index >= 15 is 0 Å². The molecular weight excluding hydrogens is 189 g/mol. The van der Waals surface area contributed by atoms with Crippen LogP contribution in [0.25, 0.3) is 0 Å². The molecule has 2 rings (SSSR count). The van der Waals surface area contributed by atoms with E-state index in [1.165, 1.54) is 6.07 Å². The Morgan fingerprint density at radius 2 is 2.15 bits per heavy atom. The summed E-state index contributed by atoms with van der Waals surface area (Å²) in [6.07, 6.45) is 1.99. The van der Waals surface area contributed by atoms with Crippen LogP contribution in [0, 0.1) is 5.82 Å². The summed E-state index contributed by atoms with van der Waals surface area (Å²) < 4.78 is 15.0. The van der Waals surface area contributed by atoms with Gasteiger partial charge in [-0.25, -0.2) is 8.81 Å². The highest BCUT2D eigenvalue weighted by Gasteiger charge is 2.26. The molecule has 1 atom stereocenters. The highest BCUT2D eigenvalue weighted by molar-refractivity contribution is 6.13. The van der Waals surface area contributed by atoms with Crippen molar-refractivity contribution in [2.45, 2.75) is 18.9 Å². The maximum atomic E-state index is 13.3. The van der Waals surface area contributed by atoms with Crippen LogP contribution in [0.4, 0.5) is 4.39 Å². The minimum absolute atomic E-state index is 0.0582. The van der Waals surface area contributed by atoms with Gasteiger partial charge in [-0.05, 0) is 30.7 Å². The van der Waals surface area contributed by atoms with Gasteiger partial charge in [0.05, 0.1) is 6.04 Å². The van der Waals surface area contributed by atoms with Crippen molar-refractivity contribution in [3.63, 3.8) is 0 Å². The van der Waals surface area contributed by atoms with Gasteiger partial charge < -0.3 is 0 Å². The summed E-state index contributed by atoms with van der Waals surface area (Å²) in [5, 5.41) is 0. The summed E-state index contributed by atoms with van der Waals surface area (Å²) in [7, 11) is 0. The van der Waals surface area contributed by atoms with E-state index in [0.717, 1.165) is 24.9 Å². The van der Waals surface area contributed by atoms with E-state index in [1.807, 2.05) is 6.07 Å². The van der Waals surface area contributed by atoms with Crippen molar-refractivity contribution in [3.8, 4) is 0 Å². The monoisotopic (exact) mass is 199 g/mol. The maximum absolute atomic E-state index is 13.3. The smallest absolute Gasteiger partial charge is 0.128 e. The van der Waals surface area contributed by atoms with Gasteiger partial charge in [-0.1, -0.05) is 18.2 Å². The van der Waals surface area contributed by atoms with E-state index in [9.17, 15) is 4.39 Å². The second-order valence-electron chi connectivity index (χ2n) is 3.30. The molecule has 1 aromatic carbocycles. The highest BCUT2D eigenvalue weighted by atomic mass is 35.5. The number of benzene rings is 1. The molecule has 0 amide bonds. The average Bonchev–Trinajstić information content (AvgIpc) is 2.52. The molecule has 70 valence electrons. The summed E-state index contributed by atoms with van der Waals surface area (Å²) in [4.78, 5) is 0. The maximum Gasteiger partial charge on any atom is 0.128 e. The van der Waals surface area contributed by atoms with Crippen LogP contribution in [-0.4, -0.2) is 11.0 Å². The number of hydrogen-bond donors (Lipinski definition) is 0. The van der Waals surface area contributed by atoms with Crippen molar-refractivity contribution in [2.24, 2.45) is 0 Å². The van der Waals surface area contributed by atoms with Crippen molar-refractivity contribution in [3.05, 3.63) is 35.6 Å². The third-order valence-corrected chi connectivity index (χ3v) is 2.86. The zero-order valence-corrected chi connectivity index (χ0v) is 7.97. The van der Waals surface area contributed by atoms with Crippen LogP contribution >= 0.6 is 11.8 Å². The average molecular weight is 200 g/mol. The Labute approximate surface area is 82.2 Å². The predicted octanol–water partition coefficient (Wildman–Crippen LogP) is 3.12. The summed E-state index contributed by atoms with van der Waals surface area (Å²) in [6, 6.07) is 6.90. The van der Waals surface area contributed by atoms with Crippen LogP contribution in [0.2, 0.25) is 0 Å². The van der Waals surface area contributed by atoms with Gasteiger partial charge in [-0.3, -0.25) is 0 Å². The van der Waals surface area contributed by atoms with E-state index in [1.54, 1.807) is 16.6 Å². The minimum Gasteiger partial charge on any atom is -0.213 e. The van der Waals surface area contributed by atoms with Crippen LogP contribution < -0.4 is 0 Å². The molecule has 1 aromatic rings. The molecule has 0 spiro atoms. The van der Waals surface area contributed by atoms with Crippen molar-refractivity contribution in [1.82, 2.24) is 4.42 Å². The lowest BCUT2D eigenvalue weighted by Crippen LogP contribution is -2.12. The van der Waals surface area contributed by atoms with E-state index in [0.29, 0.717) is 0 Å². The molecule has 0 N–H and O–H groups in total. The molecule has 13 heavy (non-hydrogen) atoms. The molecule has 1 saturated heterocycles. The molecular formula is C10H11ClFN. The van der Waals surface area contributed by atoms with Gasteiger partial charge >= 0.3 is 0 Å². The van der Waals surface area contributed by atoms with Crippen molar-refractivity contribution < 1.29 is 4.39 Å². The van der Waals surface area contributed by atoms with Gasteiger partial charge in [-0.15, -0.1) is 0 Å². The van der Waals surface area contributed by atoms with Gasteiger partial charge in [0.15, 0.2) is 0 Å². The predicted molar refractivity (Wildman–Crippen MR) is 50.9 cm³/mol. The number of halogens is 2. The Bertz CT molecular complexity index is 303. The molecule has 0 unspecified atom stereocenters. The van der Waals surface area contributed by atoms with Gasteiger partial charge in [0.1, 0.15) is 5.82 Å². The Morgan fingerprint density at radius 1 is 1.38 bits per heavy atom. The third kappa shape index (κ3) is 1.69. The largest absolute Gasteiger partial charge is 0.213 e. The minimum atomic E-state index is -0.153. The summed E-state index contributed by atoms with van der Waals surface area (Å²) in [6.45, 7) is 0.848. The van der Waals surface area contributed by atoms with Gasteiger partial charge in [0.2, 0.25) is 0 Å². The summed E-state index contributed by atoms with van der Waals surface area (Å²) >= 11 is 5.95. The van der Waals surface area contributed by atoms with Gasteiger partial charge in [-0.2, -0.15) is 0 Å². The van der Waals surface area contributed by atoms with Crippen LogP contribution in [0.1, 0.15) is 24.4 Å². The molecule has 0 aliphatic carbocycles. The lowest BCUT2D eigenvalue weighted by Gasteiger charge is -2.17. The second kappa shape index (κ2) is 3.64. The first-order chi connectivity index (χ1) is 6.29. The first-order valence-corrected chi connectivity index (χ1v) is 4.79. The van der Waals surface area contributed by atoms with E-state index in [2.05, 4.69) is 0 Å². The highest BCUT2D eigenvalue weighted by Crippen LogP contribution is 2.34. The standard InChI is InChI=1S/C10H11ClFN/c11-13-7-3-6-10(13)8-4-1-2-5-9(8)12/h1-2,4-5,10H,3,6-7H2/t10-/m0/s1. The van der Waals surface area contributed by atoms with Crippen LogP contribution in [0.15, 0.2) is 24.3 Å². The summed E-state index contributed by atoms with van der Waals surface area (Å²) in [5.74, 6) is -0.153. The number of rotatable bonds is 1. The van der Waals surface area contributed by atoms with Crippen molar-refractivity contribution in [1.29, 1.82) is 0 Å². The molecule has 0 bridgehead atoms. The number of nitrogens with zero attached hydrogens (tertiary/aromatic N) is 1. The van der Waals surface area contributed by atoms with Crippen molar-refractivity contribution in [2.75, 3.05) is 6.54 Å². The molecule has 1 nitrogen and oxygen atoms in total. The molecule has 3 heteroatoms. The Morgan fingerprint density at radius 3 is 2.77 bits per heavy atom. The summed E-state index contributed by atoms with van der Waals surface area (Å²) in [5.41, 5.74) is 0.718. The van der Waals surface area contributed by atoms with Crippen molar-refractivity contribution >= 4 is 11.8 Å². The molecule has 0 radical (unpaired) electrons. The molecule has 1 heterocycles. The van der Waals surface area contributed by atoms with E-state index in [-0.39, 0.29) is 11.9 Å². The first kappa shape index (κ1) is 8.97. The molecule has 1 aliphatic rings. The first-order valence-electron chi connectivity index (χ1n) is 4.46. The van der Waals surface area contributed by atoms with E-state index in [4.69, 9.17) is 11.8 Å². The lowest BCUT2D eigenvalue weighted by atomic mass is 10.1. The number of hydrogen-bond acceptors (Lipinski definition) is 1. The van der Waals surface area contributed by atoms with Gasteiger partial charge in [0, 0.05) is 12.1 Å². The van der Waals surface area contributed by atoms with Gasteiger partial charge in [0.25, 0.3) is 0 Å². The molecule has 0 aromatic heterocycles. The zero-order valence-electron chi connectivity index (χ0n) is 7.21. The lowest BCUT2D eigenvalue weighted by molar-refractivity contribution is 0.419.